The van der Waals surface area contributed by atoms with Crippen molar-refractivity contribution in [1.29, 1.82) is 0 Å². The Labute approximate surface area is 121 Å². The molecule has 3 nitrogen and oxygen atoms in total. The summed E-state index contributed by atoms with van der Waals surface area (Å²) in [6, 6.07) is 12.9. The largest absolute Gasteiger partial charge is 0.399 e. The summed E-state index contributed by atoms with van der Waals surface area (Å²) in [5.41, 5.74) is 8.85. The van der Waals surface area contributed by atoms with Crippen LogP contribution in [0.4, 0.5) is 11.4 Å². The number of benzene rings is 2. The van der Waals surface area contributed by atoms with Crippen molar-refractivity contribution in [2.24, 2.45) is 0 Å². The number of hydrogen-bond donors (Lipinski definition) is 1. The van der Waals surface area contributed by atoms with E-state index in [2.05, 4.69) is 15.9 Å². The fourth-order valence-electron chi connectivity index (χ4n) is 1.90. The van der Waals surface area contributed by atoms with Crippen molar-refractivity contribution in [1.82, 2.24) is 0 Å². The summed E-state index contributed by atoms with van der Waals surface area (Å²) < 4.78 is 0.900. The number of aryl methyl sites for hydroxylation is 1. The average Bonchev–Trinajstić information content (AvgIpc) is 2.36. The van der Waals surface area contributed by atoms with Crippen LogP contribution >= 0.6 is 15.9 Å². The zero-order valence-corrected chi connectivity index (χ0v) is 12.4. The maximum Gasteiger partial charge on any atom is 0.258 e. The number of anilines is 2. The van der Waals surface area contributed by atoms with Gasteiger partial charge in [-0.25, -0.2) is 0 Å². The number of nitrogen functional groups attached to an aromatic ring is 1. The molecule has 0 atom stereocenters. The molecule has 19 heavy (non-hydrogen) atoms. The molecule has 2 rings (SSSR count). The number of nitrogens with zero attached hydrogens (tertiary/aromatic N) is 1. The molecule has 4 heteroatoms. The molecule has 0 aromatic heterocycles. The average molecular weight is 319 g/mol. The van der Waals surface area contributed by atoms with E-state index in [0.29, 0.717) is 11.3 Å². The Balaban J connectivity index is 2.33. The van der Waals surface area contributed by atoms with E-state index in [0.717, 1.165) is 15.7 Å². The SMILES string of the molecule is Cc1cc(Br)cc(C(=O)N(C)c2cccc(N)c2)c1. The molecule has 0 saturated heterocycles. The Morgan fingerprint density at radius 2 is 1.95 bits per heavy atom. The molecule has 1 amide bonds. The van der Waals surface area contributed by atoms with E-state index in [-0.39, 0.29) is 5.91 Å². The van der Waals surface area contributed by atoms with Gasteiger partial charge in [0.05, 0.1) is 0 Å². The number of nitrogens with two attached hydrogens (primary N) is 1. The van der Waals surface area contributed by atoms with Gasteiger partial charge in [0.2, 0.25) is 0 Å². The lowest BCUT2D eigenvalue weighted by molar-refractivity contribution is 0.0993. The third-order valence-corrected chi connectivity index (χ3v) is 3.31. The first-order chi connectivity index (χ1) is 8.97. The molecule has 0 aliphatic rings. The van der Waals surface area contributed by atoms with E-state index in [1.165, 1.54) is 0 Å². The highest BCUT2D eigenvalue weighted by Gasteiger charge is 2.14. The summed E-state index contributed by atoms with van der Waals surface area (Å²) in [6.07, 6.45) is 0. The number of halogens is 1. The highest BCUT2D eigenvalue weighted by Crippen LogP contribution is 2.21. The van der Waals surface area contributed by atoms with E-state index in [1.807, 2.05) is 37.3 Å². The molecule has 0 radical (unpaired) electrons. The Morgan fingerprint density at radius 1 is 1.21 bits per heavy atom. The van der Waals surface area contributed by atoms with Gasteiger partial charge in [-0.2, -0.15) is 0 Å². The molecule has 2 aromatic rings. The molecule has 0 fully saturated rings. The molecule has 0 aliphatic carbocycles. The molecular formula is C15H15BrN2O. The van der Waals surface area contributed by atoms with Gasteiger partial charge in [-0.3, -0.25) is 4.79 Å². The van der Waals surface area contributed by atoms with Crippen molar-refractivity contribution in [3.05, 3.63) is 58.1 Å². The molecule has 2 N–H and O–H groups in total. The minimum atomic E-state index is -0.0602. The second-order valence-corrected chi connectivity index (χ2v) is 5.39. The Kier molecular flexibility index (Phi) is 3.90. The van der Waals surface area contributed by atoms with Gasteiger partial charge < -0.3 is 10.6 Å². The van der Waals surface area contributed by atoms with Gasteiger partial charge in [0.1, 0.15) is 0 Å². The lowest BCUT2D eigenvalue weighted by Crippen LogP contribution is -2.26. The van der Waals surface area contributed by atoms with E-state index in [4.69, 9.17) is 5.73 Å². The molecule has 0 heterocycles. The van der Waals surface area contributed by atoms with Gasteiger partial charge in [-0.1, -0.05) is 22.0 Å². The monoisotopic (exact) mass is 318 g/mol. The molecule has 0 aliphatic heterocycles. The highest BCUT2D eigenvalue weighted by molar-refractivity contribution is 9.10. The topological polar surface area (TPSA) is 46.3 Å². The molecule has 0 saturated carbocycles. The van der Waals surface area contributed by atoms with E-state index < -0.39 is 0 Å². The van der Waals surface area contributed by atoms with Gasteiger partial charge in [0.15, 0.2) is 0 Å². The van der Waals surface area contributed by atoms with Crippen LogP contribution in [0.5, 0.6) is 0 Å². The smallest absolute Gasteiger partial charge is 0.258 e. The molecule has 0 unspecified atom stereocenters. The second kappa shape index (κ2) is 5.45. The van der Waals surface area contributed by atoms with Crippen molar-refractivity contribution in [3.8, 4) is 0 Å². The molecular weight excluding hydrogens is 304 g/mol. The van der Waals surface area contributed by atoms with Crippen molar-refractivity contribution in [2.45, 2.75) is 6.92 Å². The van der Waals surface area contributed by atoms with Crippen molar-refractivity contribution in [2.75, 3.05) is 17.7 Å². The fourth-order valence-corrected chi connectivity index (χ4v) is 2.51. The fraction of sp³-hybridized carbons (Fsp3) is 0.133. The van der Waals surface area contributed by atoms with E-state index in [1.54, 1.807) is 24.1 Å². The molecule has 0 spiro atoms. The van der Waals surface area contributed by atoms with Crippen molar-refractivity contribution < 1.29 is 4.79 Å². The van der Waals surface area contributed by atoms with Crippen molar-refractivity contribution in [3.63, 3.8) is 0 Å². The maximum absolute atomic E-state index is 12.4. The predicted molar refractivity (Wildman–Crippen MR) is 82.5 cm³/mol. The minimum absolute atomic E-state index is 0.0602. The normalized spacial score (nSPS) is 10.3. The quantitative estimate of drug-likeness (QED) is 0.860. The first kappa shape index (κ1) is 13.6. The van der Waals surface area contributed by atoms with Crippen LogP contribution in [-0.4, -0.2) is 13.0 Å². The lowest BCUT2D eigenvalue weighted by Gasteiger charge is -2.18. The summed E-state index contributed by atoms with van der Waals surface area (Å²) >= 11 is 3.41. The van der Waals surface area contributed by atoms with Crippen LogP contribution in [0.3, 0.4) is 0 Å². The summed E-state index contributed by atoms with van der Waals surface area (Å²) in [7, 11) is 1.74. The minimum Gasteiger partial charge on any atom is -0.399 e. The summed E-state index contributed by atoms with van der Waals surface area (Å²) in [5, 5.41) is 0. The molecule has 2 aromatic carbocycles. The summed E-state index contributed by atoms with van der Waals surface area (Å²) in [6.45, 7) is 1.96. The number of carbonyl (C=O) groups is 1. The first-order valence-corrected chi connectivity index (χ1v) is 6.67. The zero-order chi connectivity index (χ0) is 14.0. The maximum atomic E-state index is 12.4. The Hall–Kier alpha value is -1.81. The van der Waals surface area contributed by atoms with Crippen LogP contribution in [0.15, 0.2) is 46.9 Å². The number of rotatable bonds is 2. The van der Waals surface area contributed by atoms with Gasteiger partial charge in [-0.05, 0) is 48.9 Å². The highest BCUT2D eigenvalue weighted by atomic mass is 79.9. The summed E-state index contributed by atoms with van der Waals surface area (Å²) in [4.78, 5) is 14.0. The Morgan fingerprint density at radius 3 is 2.58 bits per heavy atom. The zero-order valence-electron chi connectivity index (χ0n) is 10.9. The third-order valence-electron chi connectivity index (χ3n) is 2.85. The van der Waals surface area contributed by atoms with Crippen LogP contribution in [-0.2, 0) is 0 Å². The van der Waals surface area contributed by atoms with Crippen LogP contribution in [0.1, 0.15) is 15.9 Å². The molecule has 98 valence electrons. The standard InChI is InChI=1S/C15H15BrN2O/c1-10-6-11(8-12(16)7-10)15(19)18(2)14-5-3-4-13(17)9-14/h3-9H,17H2,1-2H3. The van der Waals surface area contributed by atoms with Gasteiger partial charge in [0, 0.05) is 28.5 Å². The van der Waals surface area contributed by atoms with Crippen LogP contribution < -0.4 is 10.6 Å². The van der Waals surface area contributed by atoms with Gasteiger partial charge in [-0.15, -0.1) is 0 Å². The number of carbonyl (C=O) groups excluding carboxylic acids is 1. The van der Waals surface area contributed by atoms with Gasteiger partial charge in [0.25, 0.3) is 5.91 Å². The summed E-state index contributed by atoms with van der Waals surface area (Å²) in [5.74, 6) is -0.0602. The van der Waals surface area contributed by atoms with Crippen molar-refractivity contribution >= 4 is 33.2 Å². The lowest BCUT2D eigenvalue weighted by atomic mass is 10.1. The predicted octanol–water partition coefficient (Wildman–Crippen LogP) is 3.62. The first-order valence-electron chi connectivity index (χ1n) is 5.88. The van der Waals surface area contributed by atoms with Gasteiger partial charge >= 0.3 is 0 Å². The third kappa shape index (κ3) is 3.15. The second-order valence-electron chi connectivity index (χ2n) is 4.48. The van der Waals surface area contributed by atoms with Crippen LogP contribution in [0, 0.1) is 6.92 Å². The number of hydrogen-bond acceptors (Lipinski definition) is 2. The van der Waals surface area contributed by atoms with Crippen LogP contribution in [0.25, 0.3) is 0 Å². The van der Waals surface area contributed by atoms with E-state index >= 15 is 0 Å². The number of amides is 1. The van der Waals surface area contributed by atoms with Crippen LogP contribution in [0.2, 0.25) is 0 Å². The van der Waals surface area contributed by atoms with E-state index in [9.17, 15) is 4.79 Å². The Bertz CT molecular complexity index is 605. The molecule has 0 bridgehead atoms.